The Bertz CT molecular complexity index is 1370. The van der Waals surface area contributed by atoms with E-state index in [-0.39, 0.29) is 29.7 Å². The first-order valence-corrected chi connectivity index (χ1v) is 10.8. The van der Waals surface area contributed by atoms with Crippen molar-refractivity contribution in [2.45, 2.75) is 44.1 Å². The van der Waals surface area contributed by atoms with Crippen molar-refractivity contribution in [2.75, 3.05) is 4.90 Å². The number of aliphatic hydroxyl groups is 1. The van der Waals surface area contributed by atoms with E-state index in [0.717, 1.165) is 0 Å². The summed E-state index contributed by atoms with van der Waals surface area (Å²) in [4.78, 5) is 48.0. The lowest BCUT2D eigenvalue weighted by Crippen LogP contribution is -2.61. The van der Waals surface area contributed by atoms with Crippen molar-refractivity contribution in [1.82, 2.24) is 14.5 Å². The molecule has 0 bridgehead atoms. The van der Waals surface area contributed by atoms with E-state index in [1.807, 2.05) is 26.0 Å². The Morgan fingerprint density at radius 2 is 1.75 bits per heavy atom. The number of piperidine rings is 1. The second-order valence-corrected chi connectivity index (χ2v) is 9.15. The molecule has 32 heavy (non-hydrogen) atoms. The molecular formula is C24H22N4O4. The van der Waals surface area contributed by atoms with E-state index in [1.54, 1.807) is 41.3 Å². The van der Waals surface area contributed by atoms with Gasteiger partial charge in [-0.15, -0.1) is 0 Å². The van der Waals surface area contributed by atoms with Crippen molar-refractivity contribution in [2.24, 2.45) is 5.92 Å². The lowest BCUT2D eigenvalue weighted by atomic mass is 9.81. The van der Waals surface area contributed by atoms with Crippen LogP contribution in [0.15, 0.2) is 59.7 Å². The molecule has 4 atom stereocenters. The highest BCUT2D eigenvalue weighted by Crippen LogP contribution is 2.55. The van der Waals surface area contributed by atoms with Crippen LogP contribution >= 0.6 is 0 Å². The summed E-state index contributed by atoms with van der Waals surface area (Å²) in [7, 11) is 0. The minimum absolute atomic E-state index is 0.0153. The Morgan fingerprint density at radius 1 is 1.03 bits per heavy atom. The summed E-state index contributed by atoms with van der Waals surface area (Å²) in [6, 6.07) is 12.5. The topological polar surface area (TPSA) is 95.7 Å². The van der Waals surface area contributed by atoms with Gasteiger partial charge in [-0.2, -0.15) is 0 Å². The maximum Gasteiger partial charge on any atom is 0.261 e. The summed E-state index contributed by atoms with van der Waals surface area (Å²) >= 11 is 0. The number of anilines is 1. The van der Waals surface area contributed by atoms with Crippen LogP contribution in [0.3, 0.4) is 0 Å². The van der Waals surface area contributed by atoms with Gasteiger partial charge < -0.3 is 10.0 Å². The van der Waals surface area contributed by atoms with Crippen molar-refractivity contribution in [3.63, 3.8) is 0 Å². The molecular weight excluding hydrogens is 408 g/mol. The molecule has 162 valence electrons. The summed E-state index contributed by atoms with van der Waals surface area (Å²) < 4.78 is 1.31. The molecule has 3 aliphatic rings. The molecule has 0 spiro atoms. The molecule has 2 saturated heterocycles. The minimum Gasteiger partial charge on any atom is -0.381 e. The predicted octanol–water partition coefficient (Wildman–Crippen LogP) is 1.77. The van der Waals surface area contributed by atoms with E-state index in [0.29, 0.717) is 22.2 Å². The number of para-hydroxylation sites is 2. The highest BCUT2D eigenvalue weighted by molar-refractivity contribution is 6.07. The van der Waals surface area contributed by atoms with E-state index < -0.39 is 23.9 Å². The van der Waals surface area contributed by atoms with Gasteiger partial charge in [-0.25, -0.2) is 4.98 Å². The maximum absolute atomic E-state index is 13.8. The third-order valence-corrected chi connectivity index (χ3v) is 7.06. The molecule has 8 heteroatoms. The van der Waals surface area contributed by atoms with Gasteiger partial charge in [0.25, 0.3) is 11.5 Å². The Hall–Kier alpha value is -3.52. The fourth-order valence-electron chi connectivity index (χ4n) is 5.70. The van der Waals surface area contributed by atoms with E-state index in [4.69, 9.17) is 0 Å². The first-order valence-electron chi connectivity index (χ1n) is 10.8. The molecule has 8 nitrogen and oxygen atoms in total. The Kier molecular flexibility index (Phi) is 3.75. The van der Waals surface area contributed by atoms with Crippen LogP contribution in [0.1, 0.15) is 31.9 Å². The average Bonchev–Trinajstić information content (AvgIpc) is 3.24. The quantitative estimate of drug-likeness (QED) is 0.669. The van der Waals surface area contributed by atoms with Crippen LogP contribution in [-0.2, 0) is 15.2 Å². The fourth-order valence-corrected chi connectivity index (χ4v) is 5.70. The highest BCUT2D eigenvalue weighted by Gasteiger charge is 2.67. The van der Waals surface area contributed by atoms with Crippen LogP contribution < -0.4 is 10.5 Å². The zero-order chi connectivity index (χ0) is 22.4. The molecule has 2 fully saturated rings. The molecule has 6 rings (SSSR count). The van der Waals surface area contributed by atoms with Crippen molar-refractivity contribution >= 4 is 28.4 Å². The Labute approximate surface area is 183 Å². The zero-order valence-corrected chi connectivity index (χ0v) is 17.7. The molecule has 0 radical (unpaired) electrons. The van der Waals surface area contributed by atoms with Crippen molar-refractivity contribution in [1.29, 1.82) is 0 Å². The molecule has 0 unspecified atom stereocenters. The number of benzene rings is 2. The van der Waals surface area contributed by atoms with Crippen LogP contribution in [0, 0.1) is 5.92 Å². The van der Waals surface area contributed by atoms with E-state index in [2.05, 4.69) is 4.98 Å². The summed E-state index contributed by atoms with van der Waals surface area (Å²) in [6.45, 7) is 3.77. The van der Waals surface area contributed by atoms with Crippen LogP contribution in [0.25, 0.3) is 10.9 Å². The highest BCUT2D eigenvalue weighted by atomic mass is 16.3. The number of hydrogen-bond acceptors (Lipinski definition) is 5. The van der Waals surface area contributed by atoms with Gasteiger partial charge in [0.15, 0.2) is 0 Å². The van der Waals surface area contributed by atoms with Gasteiger partial charge in [0, 0.05) is 12.0 Å². The van der Waals surface area contributed by atoms with Gasteiger partial charge in [-0.1, -0.05) is 44.2 Å². The largest absolute Gasteiger partial charge is 0.381 e. The number of aromatic nitrogens is 2. The monoisotopic (exact) mass is 430 g/mol. The van der Waals surface area contributed by atoms with Crippen LogP contribution in [-0.4, -0.2) is 43.6 Å². The third-order valence-electron chi connectivity index (χ3n) is 7.06. The fraction of sp³-hybridized carbons (Fsp3) is 0.333. The second-order valence-electron chi connectivity index (χ2n) is 9.15. The van der Waals surface area contributed by atoms with Crippen LogP contribution in [0.2, 0.25) is 0 Å². The molecule has 2 aromatic carbocycles. The molecule has 4 heterocycles. The third kappa shape index (κ3) is 2.20. The molecule has 1 N–H and O–H groups in total. The number of fused-ring (bicyclic) bond motifs is 4. The molecule has 3 aromatic rings. The molecule has 1 aromatic heterocycles. The van der Waals surface area contributed by atoms with E-state index in [9.17, 15) is 19.5 Å². The number of nitrogens with zero attached hydrogens (tertiary/aromatic N) is 4. The number of carbonyl (C=O) groups excluding carboxylic acids is 2. The Morgan fingerprint density at radius 3 is 2.53 bits per heavy atom. The van der Waals surface area contributed by atoms with Crippen LogP contribution in [0.5, 0.6) is 0 Å². The van der Waals surface area contributed by atoms with Gasteiger partial charge in [0.1, 0.15) is 23.9 Å². The minimum atomic E-state index is -1.49. The average molecular weight is 430 g/mol. The second kappa shape index (κ2) is 6.26. The van der Waals surface area contributed by atoms with Crippen molar-refractivity contribution < 1.29 is 14.7 Å². The van der Waals surface area contributed by atoms with Crippen LogP contribution in [0.4, 0.5) is 5.69 Å². The molecule has 0 saturated carbocycles. The predicted molar refractivity (Wildman–Crippen MR) is 117 cm³/mol. The van der Waals surface area contributed by atoms with E-state index in [1.165, 1.54) is 15.8 Å². The summed E-state index contributed by atoms with van der Waals surface area (Å²) in [5, 5.41) is 12.4. The molecule has 0 aliphatic carbocycles. The smallest absolute Gasteiger partial charge is 0.261 e. The first-order chi connectivity index (χ1) is 15.3. The summed E-state index contributed by atoms with van der Waals surface area (Å²) in [5.74, 6) is -0.703. The van der Waals surface area contributed by atoms with Crippen molar-refractivity contribution in [3.05, 3.63) is 70.8 Å². The van der Waals surface area contributed by atoms with Gasteiger partial charge in [-0.05, 0) is 24.1 Å². The van der Waals surface area contributed by atoms with Gasteiger partial charge >= 0.3 is 0 Å². The number of amides is 2. The Balaban J connectivity index is 1.58. The normalized spacial score (nSPS) is 28.6. The molecule has 2 amide bonds. The zero-order valence-electron chi connectivity index (χ0n) is 17.7. The number of hydrogen-bond donors (Lipinski definition) is 1. The lowest BCUT2D eigenvalue weighted by Gasteiger charge is -2.45. The van der Waals surface area contributed by atoms with Gasteiger partial charge in [-0.3, -0.25) is 23.9 Å². The molecule has 3 aliphatic heterocycles. The van der Waals surface area contributed by atoms with E-state index >= 15 is 0 Å². The standard InChI is InChI=1S/C24H22N4O4/c1-13(2)19-22(31)27-17-10-6-4-8-15(17)24(32)11-18(21(30)28(19)23(24)27)26-12-25-16-9-5-3-7-14(16)20(26)29/h3-10,12-13,18-19,23,32H,11H2,1-2H3/t18-,19+,23-,24+/m1/s1. The first kappa shape index (κ1) is 19.2. The summed E-state index contributed by atoms with van der Waals surface area (Å²) in [5.41, 5.74) is -0.0619. The number of carbonyl (C=O) groups is 2. The van der Waals surface area contributed by atoms with Crippen molar-refractivity contribution in [3.8, 4) is 0 Å². The lowest BCUT2D eigenvalue weighted by molar-refractivity contribution is -0.160. The number of rotatable bonds is 2. The maximum atomic E-state index is 13.8. The van der Waals surface area contributed by atoms with Gasteiger partial charge in [0.05, 0.1) is 22.9 Å². The SMILES string of the molecule is CC(C)[C@H]1C(=O)N2c3ccccc3[C@@]3(O)C[C@@H](n4cnc5ccccc5c4=O)C(=O)N1[C@@H]23. The van der Waals surface area contributed by atoms with Gasteiger partial charge in [0.2, 0.25) is 5.91 Å². The summed E-state index contributed by atoms with van der Waals surface area (Å²) in [6.07, 6.45) is 0.545.